The van der Waals surface area contributed by atoms with Gasteiger partial charge in [-0.05, 0) is 31.6 Å². The molecule has 7 nitrogen and oxygen atoms in total. The molecule has 8 heteroatoms. The monoisotopic (exact) mass is 338 g/mol. The SMILES string of the molecule is Cc1nnc(SCC(=O)N2CCCC(CNC(=O)C3CC3)C2)o1. The van der Waals surface area contributed by atoms with E-state index >= 15 is 0 Å². The van der Waals surface area contributed by atoms with Crippen molar-refractivity contribution in [3.05, 3.63) is 5.89 Å². The van der Waals surface area contributed by atoms with Gasteiger partial charge in [-0.1, -0.05) is 11.8 Å². The van der Waals surface area contributed by atoms with Crippen LogP contribution in [0.15, 0.2) is 9.64 Å². The first kappa shape index (κ1) is 16.3. The van der Waals surface area contributed by atoms with Gasteiger partial charge in [-0.25, -0.2) is 0 Å². The van der Waals surface area contributed by atoms with Crippen LogP contribution in [0.3, 0.4) is 0 Å². The van der Waals surface area contributed by atoms with E-state index in [9.17, 15) is 9.59 Å². The molecule has 1 aliphatic carbocycles. The van der Waals surface area contributed by atoms with Crippen molar-refractivity contribution in [3.63, 3.8) is 0 Å². The molecule has 1 N–H and O–H groups in total. The highest BCUT2D eigenvalue weighted by molar-refractivity contribution is 7.99. The zero-order valence-corrected chi connectivity index (χ0v) is 14.1. The number of aromatic nitrogens is 2. The summed E-state index contributed by atoms with van der Waals surface area (Å²) in [5.41, 5.74) is 0. The highest BCUT2D eigenvalue weighted by atomic mass is 32.2. The molecule has 1 saturated heterocycles. The second-order valence-electron chi connectivity index (χ2n) is 6.24. The van der Waals surface area contributed by atoms with Gasteiger partial charge < -0.3 is 14.6 Å². The number of thioether (sulfide) groups is 1. The van der Waals surface area contributed by atoms with Gasteiger partial charge in [0.2, 0.25) is 17.7 Å². The van der Waals surface area contributed by atoms with Crippen molar-refractivity contribution in [2.45, 2.75) is 37.8 Å². The van der Waals surface area contributed by atoms with Crippen LogP contribution in [0, 0.1) is 18.8 Å². The third-order valence-electron chi connectivity index (χ3n) is 4.21. The van der Waals surface area contributed by atoms with Crippen LogP contribution >= 0.6 is 11.8 Å². The minimum Gasteiger partial charge on any atom is -0.416 e. The largest absolute Gasteiger partial charge is 0.416 e. The van der Waals surface area contributed by atoms with Crippen molar-refractivity contribution in [2.24, 2.45) is 11.8 Å². The van der Waals surface area contributed by atoms with Crippen LogP contribution in [-0.4, -0.2) is 52.3 Å². The fourth-order valence-corrected chi connectivity index (χ4v) is 3.45. The highest BCUT2D eigenvalue weighted by Crippen LogP contribution is 2.29. The van der Waals surface area contributed by atoms with Crippen LogP contribution < -0.4 is 5.32 Å². The van der Waals surface area contributed by atoms with Crippen molar-refractivity contribution < 1.29 is 14.0 Å². The summed E-state index contributed by atoms with van der Waals surface area (Å²) >= 11 is 1.27. The van der Waals surface area contributed by atoms with E-state index in [2.05, 4.69) is 15.5 Å². The van der Waals surface area contributed by atoms with Crippen LogP contribution in [-0.2, 0) is 9.59 Å². The van der Waals surface area contributed by atoms with Crippen LogP contribution in [0.4, 0.5) is 0 Å². The average Bonchev–Trinajstić information content (AvgIpc) is 3.33. The number of aryl methyl sites for hydroxylation is 1. The molecule has 2 heterocycles. The number of likely N-dealkylation sites (tertiary alicyclic amines) is 1. The fraction of sp³-hybridized carbons (Fsp3) is 0.733. The molecular weight excluding hydrogens is 316 g/mol. The van der Waals surface area contributed by atoms with E-state index in [-0.39, 0.29) is 17.7 Å². The predicted octanol–water partition coefficient (Wildman–Crippen LogP) is 1.23. The number of rotatable bonds is 6. The first-order chi connectivity index (χ1) is 11.1. The summed E-state index contributed by atoms with van der Waals surface area (Å²) in [5, 5.41) is 11.1. The number of carbonyl (C=O) groups excluding carboxylic acids is 2. The number of amides is 2. The van der Waals surface area contributed by atoms with Crippen molar-refractivity contribution in [1.82, 2.24) is 20.4 Å². The molecule has 1 atom stereocenters. The maximum absolute atomic E-state index is 12.3. The Morgan fingerprint density at radius 3 is 2.87 bits per heavy atom. The lowest BCUT2D eigenvalue weighted by Gasteiger charge is -2.32. The Morgan fingerprint density at radius 1 is 1.35 bits per heavy atom. The predicted molar refractivity (Wildman–Crippen MR) is 84.8 cm³/mol. The van der Waals surface area contributed by atoms with Gasteiger partial charge in [0.05, 0.1) is 5.75 Å². The molecule has 1 aliphatic heterocycles. The molecule has 23 heavy (non-hydrogen) atoms. The first-order valence-corrected chi connectivity index (χ1v) is 9.09. The lowest BCUT2D eigenvalue weighted by molar-refractivity contribution is -0.130. The van der Waals surface area contributed by atoms with Crippen molar-refractivity contribution >= 4 is 23.6 Å². The zero-order valence-electron chi connectivity index (χ0n) is 13.3. The van der Waals surface area contributed by atoms with Crippen LogP contribution in [0.1, 0.15) is 31.6 Å². The zero-order chi connectivity index (χ0) is 16.2. The van der Waals surface area contributed by atoms with E-state index in [1.807, 2.05) is 4.90 Å². The van der Waals surface area contributed by atoms with E-state index in [0.717, 1.165) is 32.2 Å². The summed E-state index contributed by atoms with van der Waals surface area (Å²) in [7, 11) is 0. The second-order valence-corrected chi connectivity index (χ2v) is 7.17. The molecular formula is C15H22N4O3S. The summed E-state index contributed by atoms with van der Waals surface area (Å²) in [6.07, 6.45) is 4.09. The topological polar surface area (TPSA) is 88.3 Å². The third-order valence-corrected chi connectivity index (χ3v) is 5.01. The van der Waals surface area contributed by atoms with E-state index in [1.54, 1.807) is 6.92 Å². The normalized spacial score (nSPS) is 21.3. The quantitative estimate of drug-likeness (QED) is 0.785. The minimum atomic E-state index is 0.0871. The fourth-order valence-electron chi connectivity index (χ4n) is 2.74. The lowest BCUT2D eigenvalue weighted by atomic mass is 9.98. The van der Waals surface area contributed by atoms with E-state index in [1.165, 1.54) is 11.8 Å². The first-order valence-electron chi connectivity index (χ1n) is 8.10. The summed E-state index contributed by atoms with van der Waals surface area (Å²) in [6.45, 7) is 3.90. The van der Waals surface area contributed by atoms with Crippen LogP contribution in [0.25, 0.3) is 0 Å². The smallest absolute Gasteiger partial charge is 0.277 e. The number of hydrogen-bond acceptors (Lipinski definition) is 6. The van der Waals surface area contributed by atoms with Gasteiger partial charge in [0, 0.05) is 32.5 Å². The molecule has 1 aromatic rings. The Kier molecular flexibility index (Phi) is 5.20. The van der Waals surface area contributed by atoms with E-state index in [4.69, 9.17) is 4.42 Å². The summed E-state index contributed by atoms with van der Waals surface area (Å²) in [4.78, 5) is 25.9. The van der Waals surface area contributed by atoms with E-state index < -0.39 is 0 Å². The number of hydrogen-bond donors (Lipinski definition) is 1. The van der Waals surface area contributed by atoms with Crippen LogP contribution in [0.2, 0.25) is 0 Å². The van der Waals surface area contributed by atoms with Gasteiger partial charge in [0.15, 0.2) is 0 Å². The van der Waals surface area contributed by atoms with Gasteiger partial charge in [0.25, 0.3) is 5.22 Å². The molecule has 2 fully saturated rings. The third kappa shape index (κ3) is 4.70. The van der Waals surface area contributed by atoms with Gasteiger partial charge in [-0.2, -0.15) is 0 Å². The van der Waals surface area contributed by atoms with Gasteiger partial charge in [-0.15, -0.1) is 10.2 Å². The maximum atomic E-state index is 12.3. The highest BCUT2D eigenvalue weighted by Gasteiger charge is 2.30. The Balaban J connectivity index is 1.41. The average molecular weight is 338 g/mol. The van der Waals surface area contributed by atoms with Gasteiger partial charge in [0.1, 0.15) is 0 Å². The molecule has 0 radical (unpaired) electrons. The number of carbonyl (C=O) groups is 2. The molecule has 1 aromatic heterocycles. The summed E-state index contributed by atoms with van der Waals surface area (Å²) in [5.74, 6) is 1.67. The van der Waals surface area contributed by atoms with Crippen molar-refractivity contribution in [2.75, 3.05) is 25.4 Å². The van der Waals surface area contributed by atoms with Gasteiger partial charge >= 0.3 is 0 Å². The van der Waals surface area contributed by atoms with Gasteiger partial charge in [-0.3, -0.25) is 9.59 Å². The molecule has 2 amide bonds. The Bertz CT molecular complexity index is 573. The molecule has 3 rings (SSSR count). The summed E-state index contributed by atoms with van der Waals surface area (Å²) < 4.78 is 5.26. The Hall–Kier alpha value is -1.57. The Morgan fingerprint density at radius 2 is 2.17 bits per heavy atom. The van der Waals surface area contributed by atoms with Crippen molar-refractivity contribution in [1.29, 1.82) is 0 Å². The molecule has 1 unspecified atom stereocenters. The molecule has 0 aromatic carbocycles. The van der Waals surface area contributed by atoms with Crippen LogP contribution in [0.5, 0.6) is 0 Å². The van der Waals surface area contributed by atoms with E-state index in [0.29, 0.717) is 35.9 Å². The molecule has 1 saturated carbocycles. The maximum Gasteiger partial charge on any atom is 0.277 e. The molecule has 2 aliphatic rings. The minimum absolute atomic E-state index is 0.0871. The number of piperidine rings is 1. The second kappa shape index (κ2) is 7.33. The Labute approximate surface area is 139 Å². The number of nitrogens with one attached hydrogen (secondary N) is 1. The number of nitrogens with zero attached hydrogens (tertiary/aromatic N) is 3. The standard InChI is InChI=1S/C15H22N4O3S/c1-10-17-18-15(22-10)23-9-13(20)19-6-2-3-11(8-19)7-16-14(21)12-4-5-12/h11-12H,2-9H2,1H3,(H,16,21). The lowest BCUT2D eigenvalue weighted by Crippen LogP contribution is -2.44. The summed E-state index contributed by atoms with van der Waals surface area (Å²) in [6, 6.07) is 0. The molecule has 0 bridgehead atoms. The van der Waals surface area contributed by atoms with Crippen molar-refractivity contribution in [3.8, 4) is 0 Å². The molecule has 0 spiro atoms. The molecule has 126 valence electrons.